The molecule has 0 atom stereocenters. The molecule has 1 aliphatic heterocycles. The number of pyridine rings is 1. The number of aliphatic carboxylic acids is 1. The second-order valence-electron chi connectivity index (χ2n) is 8.82. The van der Waals surface area contributed by atoms with Crippen LogP contribution in [0.2, 0.25) is 0 Å². The van der Waals surface area contributed by atoms with E-state index < -0.39 is 23.7 Å². The Bertz CT molecular complexity index is 1560. The molecule has 4 rings (SSSR count). The van der Waals surface area contributed by atoms with E-state index >= 15 is 0 Å². The Labute approximate surface area is 241 Å². The second kappa shape index (κ2) is 13.9. The van der Waals surface area contributed by atoms with Crippen molar-refractivity contribution in [3.63, 3.8) is 0 Å². The van der Waals surface area contributed by atoms with E-state index in [9.17, 15) is 27.6 Å². The molecular formula is C25H27F3N8O7. The zero-order valence-corrected chi connectivity index (χ0v) is 22.7. The SMILES string of the molecule is Cc1nc(N)ccc1CNC(=O)Cn1c(C)cnc(NNC(=O)NCc2ccc3c(c2)OCO3)c1=O.O=C(O)C(F)(F)F. The van der Waals surface area contributed by atoms with E-state index in [4.69, 9.17) is 25.1 Å². The van der Waals surface area contributed by atoms with E-state index in [1.54, 1.807) is 44.2 Å². The summed E-state index contributed by atoms with van der Waals surface area (Å²) in [4.78, 5) is 54.6. The molecule has 3 aromatic rings. The fraction of sp³-hybridized carbons (Fsp3) is 0.280. The van der Waals surface area contributed by atoms with E-state index in [1.165, 1.54) is 10.8 Å². The topological polar surface area (TPSA) is 212 Å². The first-order chi connectivity index (χ1) is 20.2. The molecule has 18 heteroatoms. The average molecular weight is 609 g/mol. The lowest BCUT2D eigenvalue weighted by Gasteiger charge is -2.14. The Morgan fingerprint density at radius 3 is 2.44 bits per heavy atom. The van der Waals surface area contributed by atoms with Crippen molar-refractivity contribution in [1.82, 2.24) is 30.6 Å². The van der Waals surface area contributed by atoms with Crippen LogP contribution in [0.1, 0.15) is 22.5 Å². The van der Waals surface area contributed by atoms with Gasteiger partial charge < -0.3 is 30.9 Å². The summed E-state index contributed by atoms with van der Waals surface area (Å²) in [5.41, 5.74) is 12.8. The summed E-state index contributed by atoms with van der Waals surface area (Å²) in [6.45, 7) is 3.86. The highest BCUT2D eigenvalue weighted by atomic mass is 19.4. The number of fused-ring (bicyclic) bond motifs is 1. The summed E-state index contributed by atoms with van der Waals surface area (Å²) in [5.74, 6) is -1.60. The van der Waals surface area contributed by atoms with Crippen LogP contribution >= 0.6 is 0 Å². The minimum absolute atomic E-state index is 0.134. The van der Waals surface area contributed by atoms with Gasteiger partial charge in [-0.25, -0.2) is 19.6 Å². The van der Waals surface area contributed by atoms with Gasteiger partial charge in [-0.3, -0.25) is 25.0 Å². The maximum Gasteiger partial charge on any atom is 0.490 e. The lowest BCUT2D eigenvalue weighted by Crippen LogP contribution is -2.41. The van der Waals surface area contributed by atoms with Crippen molar-refractivity contribution < 1.29 is 42.1 Å². The number of ether oxygens (including phenoxy) is 2. The van der Waals surface area contributed by atoms with Crippen LogP contribution in [0.15, 0.2) is 41.3 Å². The zero-order chi connectivity index (χ0) is 31.7. The van der Waals surface area contributed by atoms with Gasteiger partial charge in [0.25, 0.3) is 5.56 Å². The molecule has 3 heterocycles. The number of nitrogens with zero attached hydrogens (tertiary/aromatic N) is 3. The maximum absolute atomic E-state index is 12.8. The zero-order valence-electron chi connectivity index (χ0n) is 22.7. The third-order valence-corrected chi connectivity index (χ3v) is 5.68. The number of carboxylic acid groups (broad SMARTS) is 1. The van der Waals surface area contributed by atoms with Crippen LogP contribution in [-0.2, 0) is 29.2 Å². The van der Waals surface area contributed by atoms with Gasteiger partial charge in [0.05, 0.1) is 0 Å². The number of aryl methyl sites for hydroxylation is 2. The number of rotatable bonds is 8. The Hall–Kier alpha value is -5.55. The summed E-state index contributed by atoms with van der Waals surface area (Å²) in [6.07, 6.45) is -3.66. The molecule has 230 valence electrons. The van der Waals surface area contributed by atoms with E-state index in [1.807, 2.05) is 0 Å². The molecule has 0 saturated carbocycles. The molecule has 43 heavy (non-hydrogen) atoms. The number of carbonyl (C=O) groups is 3. The van der Waals surface area contributed by atoms with E-state index in [2.05, 4.69) is 31.5 Å². The number of benzene rings is 1. The number of carbonyl (C=O) groups excluding carboxylic acids is 2. The summed E-state index contributed by atoms with van der Waals surface area (Å²) in [5, 5.41) is 12.5. The third-order valence-electron chi connectivity index (χ3n) is 5.68. The minimum Gasteiger partial charge on any atom is -0.475 e. The number of hydrogen-bond donors (Lipinski definition) is 6. The molecule has 0 radical (unpaired) electrons. The van der Waals surface area contributed by atoms with Gasteiger partial charge in [0.1, 0.15) is 12.4 Å². The van der Waals surface area contributed by atoms with Crippen molar-refractivity contribution >= 4 is 29.5 Å². The highest BCUT2D eigenvalue weighted by Crippen LogP contribution is 2.32. The Morgan fingerprint density at radius 1 is 1.07 bits per heavy atom. The number of alkyl halides is 3. The summed E-state index contributed by atoms with van der Waals surface area (Å²) >= 11 is 0. The number of hydrogen-bond acceptors (Lipinski definition) is 10. The van der Waals surface area contributed by atoms with Gasteiger partial charge in [-0.05, 0) is 43.2 Å². The smallest absolute Gasteiger partial charge is 0.475 e. The molecule has 15 nitrogen and oxygen atoms in total. The van der Waals surface area contributed by atoms with Crippen molar-refractivity contribution in [3.05, 3.63) is 69.4 Å². The lowest BCUT2D eigenvalue weighted by molar-refractivity contribution is -0.192. The lowest BCUT2D eigenvalue weighted by atomic mass is 10.2. The van der Waals surface area contributed by atoms with Crippen LogP contribution in [0.3, 0.4) is 0 Å². The standard InChI is InChI=1S/C23H26N8O5.C2HF3O2/c1-13-8-26-21(29-30-23(34)27-9-15-3-5-17-18(7-15)36-12-35-17)22(33)31(13)11-20(32)25-10-16-4-6-19(24)28-14(16)2;3-2(4,5)1(6)7/h3-8H,9-12H2,1-2H3,(H2,24,28)(H,25,32)(H,26,29)(H2,27,30,34);(H,6,7). The number of urea groups is 1. The van der Waals surface area contributed by atoms with Gasteiger partial charge in [0.2, 0.25) is 18.5 Å². The van der Waals surface area contributed by atoms with Crippen LogP contribution in [0.4, 0.5) is 29.6 Å². The maximum atomic E-state index is 12.8. The Morgan fingerprint density at radius 2 is 1.77 bits per heavy atom. The molecule has 3 amide bonds. The van der Waals surface area contributed by atoms with Crippen LogP contribution in [0.5, 0.6) is 11.5 Å². The van der Waals surface area contributed by atoms with Gasteiger partial charge in [0, 0.05) is 30.7 Å². The summed E-state index contributed by atoms with van der Waals surface area (Å²) < 4.78 is 43.6. The summed E-state index contributed by atoms with van der Waals surface area (Å²) in [6, 6.07) is 8.20. The first-order valence-corrected chi connectivity index (χ1v) is 12.3. The molecule has 0 fully saturated rings. The number of amides is 3. The molecule has 1 aliphatic rings. The van der Waals surface area contributed by atoms with Gasteiger partial charge in [-0.15, -0.1) is 0 Å². The molecule has 0 spiro atoms. The molecule has 0 aliphatic carbocycles. The molecule has 2 aromatic heterocycles. The van der Waals surface area contributed by atoms with Crippen molar-refractivity contribution in [2.24, 2.45) is 0 Å². The monoisotopic (exact) mass is 608 g/mol. The number of halogens is 3. The second-order valence-corrected chi connectivity index (χ2v) is 8.82. The highest BCUT2D eigenvalue weighted by Gasteiger charge is 2.38. The van der Waals surface area contributed by atoms with Crippen molar-refractivity contribution in [1.29, 1.82) is 0 Å². The van der Waals surface area contributed by atoms with E-state index in [0.717, 1.165) is 11.1 Å². The summed E-state index contributed by atoms with van der Waals surface area (Å²) in [7, 11) is 0. The predicted octanol–water partition coefficient (Wildman–Crippen LogP) is 1.34. The number of aromatic nitrogens is 3. The normalized spacial score (nSPS) is 11.6. The minimum atomic E-state index is -5.08. The van der Waals surface area contributed by atoms with E-state index in [-0.39, 0.29) is 38.2 Å². The highest BCUT2D eigenvalue weighted by molar-refractivity contribution is 5.76. The number of nitrogens with two attached hydrogens (primary N) is 1. The van der Waals surface area contributed by atoms with Crippen molar-refractivity contribution in [2.45, 2.75) is 39.7 Å². The quantitative estimate of drug-likeness (QED) is 0.201. The van der Waals surface area contributed by atoms with E-state index in [0.29, 0.717) is 28.7 Å². The number of hydrazine groups is 1. The molecule has 1 aromatic carbocycles. The molecule has 0 unspecified atom stereocenters. The molecular weight excluding hydrogens is 581 g/mol. The van der Waals surface area contributed by atoms with Crippen LogP contribution in [0, 0.1) is 13.8 Å². The Kier molecular flexibility index (Phi) is 10.3. The predicted molar refractivity (Wildman–Crippen MR) is 144 cm³/mol. The van der Waals surface area contributed by atoms with Gasteiger partial charge >= 0.3 is 18.2 Å². The number of carboxylic acids is 1. The van der Waals surface area contributed by atoms with Gasteiger partial charge in [0.15, 0.2) is 11.5 Å². The first kappa shape index (κ1) is 32.0. The number of nitrogens with one attached hydrogen (secondary N) is 4. The molecule has 7 N–H and O–H groups in total. The molecule has 0 bridgehead atoms. The van der Waals surface area contributed by atoms with Crippen molar-refractivity contribution in [2.75, 3.05) is 18.0 Å². The average Bonchev–Trinajstić information content (AvgIpc) is 3.41. The fourth-order valence-electron chi connectivity index (χ4n) is 3.44. The third kappa shape index (κ3) is 9.23. The largest absolute Gasteiger partial charge is 0.490 e. The number of nitrogen functional groups attached to an aromatic ring is 1. The van der Waals surface area contributed by atoms with Crippen LogP contribution in [0.25, 0.3) is 0 Å². The van der Waals surface area contributed by atoms with Gasteiger partial charge in [-0.1, -0.05) is 12.1 Å². The van der Waals surface area contributed by atoms with Gasteiger partial charge in [-0.2, -0.15) is 13.2 Å². The van der Waals surface area contributed by atoms with Crippen LogP contribution in [-0.4, -0.2) is 50.5 Å². The fourth-order valence-corrected chi connectivity index (χ4v) is 3.44. The first-order valence-electron chi connectivity index (χ1n) is 12.3. The van der Waals surface area contributed by atoms with Crippen molar-refractivity contribution in [3.8, 4) is 11.5 Å². The number of anilines is 2. The van der Waals surface area contributed by atoms with Crippen LogP contribution < -0.4 is 42.3 Å². The molecule has 0 saturated heterocycles. The Balaban J connectivity index is 0.000000646.